The molecule has 1 aromatic heterocycles. The van der Waals surface area contributed by atoms with E-state index in [1.807, 2.05) is 13.8 Å². The van der Waals surface area contributed by atoms with Gasteiger partial charge in [-0.1, -0.05) is 26.0 Å². The second-order valence-electron chi connectivity index (χ2n) is 6.22. The summed E-state index contributed by atoms with van der Waals surface area (Å²) in [5.41, 5.74) is -0.571. The lowest BCUT2D eigenvalue weighted by molar-refractivity contribution is 0.104. The maximum absolute atomic E-state index is 12.2. The zero-order valence-corrected chi connectivity index (χ0v) is 15.2. The van der Waals surface area contributed by atoms with E-state index < -0.39 is 22.7 Å². The molecular formula is C20H22O6. The van der Waals surface area contributed by atoms with Crippen LogP contribution in [0.25, 0.3) is 6.08 Å². The molecule has 0 spiro atoms. The van der Waals surface area contributed by atoms with E-state index >= 15 is 0 Å². The summed E-state index contributed by atoms with van der Waals surface area (Å²) in [4.78, 5) is 24.0. The molecule has 0 atom stereocenters. The Hall–Kier alpha value is -3.02. The highest BCUT2D eigenvalue weighted by molar-refractivity contribution is 6.08. The topological polar surface area (TPSA) is 86.0 Å². The number of carbonyl (C=O) groups excluding carboxylic acids is 1. The molecule has 1 aromatic carbocycles. The van der Waals surface area contributed by atoms with Gasteiger partial charge in [-0.2, -0.15) is 0 Å². The van der Waals surface area contributed by atoms with Crippen LogP contribution in [-0.2, 0) is 0 Å². The first kappa shape index (κ1) is 19.3. The molecule has 0 aliphatic rings. The van der Waals surface area contributed by atoms with Crippen molar-refractivity contribution >= 4 is 11.9 Å². The van der Waals surface area contributed by atoms with Crippen LogP contribution in [0.15, 0.2) is 39.6 Å². The maximum atomic E-state index is 12.2. The Labute approximate surface area is 151 Å². The number of aromatic hydroxyl groups is 1. The van der Waals surface area contributed by atoms with Gasteiger partial charge in [0.25, 0.3) is 0 Å². The van der Waals surface area contributed by atoms with Crippen LogP contribution < -0.4 is 15.1 Å². The third kappa shape index (κ3) is 4.75. The molecule has 6 nitrogen and oxygen atoms in total. The molecule has 6 heteroatoms. The molecule has 0 radical (unpaired) electrons. The summed E-state index contributed by atoms with van der Waals surface area (Å²) in [5.74, 6) is 0.694. The highest BCUT2D eigenvalue weighted by Gasteiger charge is 2.16. The van der Waals surface area contributed by atoms with Gasteiger partial charge in [0.2, 0.25) is 0 Å². The van der Waals surface area contributed by atoms with Crippen LogP contribution in [-0.4, -0.2) is 24.6 Å². The van der Waals surface area contributed by atoms with Gasteiger partial charge in [0.1, 0.15) is 17.1 Å². The van der Waals surface area contributed by atoms with E-state index in [0.29, 0.717) is 29.6 Å². The zero-order valence-electron chi connectivity index (χ0n) is 15.2. The first-order valence-electron chi connectivity index (χ1n) is 8.18. The predicted octanol–water partition coefficient (Wildman–Crippen LogP) is 3.59. The second kappa shape index (κ2) is 8.38. The number of aryl methyl sites for hydroxylation is 1. The molecule has 2 rings (SSSR count). The van der Waals surface area contributed by atoms with Gasteiger partial charge in [-0.25, -0.2) is 4.79 Å². The van der Waals surface area contributed by atoms with Crippen molar-refractivity contribution in [3.05, 3.63) is 57.6 Å². The van der Waals surface area contributed by atoms with Crippen molar-refractivity contribution in [3.8, 4) is 17.2 Å². The molecule has 0 amide bonds. The lowest BCUT2D eigenvalue weighted by Crippen LogP contribution is -2.12. The Morgan fingerprint density at radius 2 is 2.00 bits per heavy atom. The second-order valence-corrected chi connectivity index (χ2v) is 6.22. The average molecular weight is 358 g/mol. The number of ether oxygens (including phenoxy) is 2. The van der Waals surface area contributed by atoms with E-state index in [-0.39, 0.29) is 5.76 Å². The molecule has 1 heterocycles. The summed E-state index contributed by atoms with van der Waals surface area (Å²) in [5, 5.41) is 9.82. The maximum Gasteiger partial charge on any atom is 0.351 e. The molecule has 2 aromatic rings. The van der Waals surface area contributed by atoms with Crippen molar-refractivity contribution in [1.29, 1.82) is 0 Å². The predicted molar refractivity (Wildman–Crippen MR) is 98.1 cm³/mol. The molecule has 0 fully saturated rings. The van der Waals surface area contributed by atoms with E-state index in [9.17, 15) is 14.7 Å². The minimum absolute atomic E-state index is 0.232. The smallest absolute Gasteiger partial charge is 0.351 e. The molecule has 0 aliphatic heterocycles. The van der Waals surface area contributed by atoms with Crippen LogP contribution in [0.4, 0.5) is 0 Å². The van der Waals surface area contributed by atoms with Crippen LogP contribution in [0, 0.1) is 12.8 Å². The molecule has 0 bridgehead atoms. The highest BCUT2D eigenvalue weighted by atomic mass is 16.5. The van der Waals surface area contributed by atoms with Crippen molar-refractivity contribution in [2.45, 2.75) is 20.8 Å². The van der Waals surface area contributed by atoms with Gasteiger partial charge in [0, 0.05) is 6.07 Å². The summed E-state index contributed by atoms with van der Waals surface area (Å²) in [7, 11) is 1.55. The number of hydrogen-bond acceptors (Lipinski definition) is 6. The van der Waals surface area contributed by atoms with Crippen LogP contribution in [0.5, 0.6) is 17.2 Å². The summed E-state index contributed by atoms with van der Waals surface area (Å²) in [6.07, 6.45) is 2.73. The van der Waals surface area contributed by atoms with Gasteiger partial charge in [0.05, 0.1) is 13.7 Å². The Kier molecular flexibility index (Phi) is 6.22. The van der Waals surface area contributed by atoms with Gasteiger partial charge < -0.3 is 19.0 Å². The Balaban J connectivity index is 2.26. The van der Waals surface area contributed by atoms with E-state index in [2.05, 4.69) is 0 Å². The number of rotatable bonds is 7. The van der Waals surface area contributed by atoms with E-state index in [4.69, 9.17) is 13.9 Å². The molecule has 0 unspecified atom stereocenters. The Bertz CT molecular complexity index is 876. The molecule has 0 aliphatic carbocycles. The van der Waals surface area contributed by atoms with E-state index in [1.54, 1.807) is 25.3 Å². The molecule has 0 saturated carbocycles. The van der Waals surface area contributed by atoms with Crippen molar-refractivity contribution in [2.24, 2.45) is 5.92 Å². The molecule has 26 heavy (non-hydrogen) atoms. The SMILES string of the molecule is COc1ccc(/C=C/C(=O)c2c(O)cc(C)oc2=O)cc1OCC(C)C. The van der Waals surface area contributed by atoms with Crippen LogP contribution in [0.3, 0.4) is 0 Å². The van der Waals surface area contributed by atoms with Gasteiger partial charge in [-0.3, -0.25) is 4.79 Å². The van der Waals surface area contributed by atoms with Gasteiger partial charge in [-0.15, -0.1) is 0 Å². The van der Waals surface area contributed by atoms with Crippen molar-refractivity contribution in [3.63, 3.8) is 0 Å². The van der Waals surface area contributed by atoms with Crippen LogP contribution in [0.1, 0.15) is 35.5 Å². The van der Waals surface area contributed by atoms with Gasteiger partial charge in [-0.05, 0) is 36.6 Å². The molecule has 0 saturated heterocycles. The third-order valence-electron chi connectivity index (χ3n) is 3.49. The third-order valence-corrected chi connectivity index (χ3v) is 3.49. The monoisotopic (exact) mass is 358 g/mol. The summed E-state index contributed by atoms with van der Waals surface area (Å²) in [6, 6.07) is 6.45. The summed E-state index contributed by atoms with van der Waals surface area (Å²) in [6.45, 7) is 6.12. The minimum Gasteiger partial charge on any atom is -0.507 e. The fraction of sp³-hybridized carbons (Fsp3) is 0.300. The average Bonchev–Trinajstić information content (AvgIpc) is 2.57. The number of hydrogen-bond donors (Lipinski definition) is 1. The van der Waals surface area contributed by atoms with Crippen LogP contribution in [0.2, 0.25) is 0 Å². The van der Waals surface area contributed by atoms with Crippen molar-refractivity contribution < 1.29 is 23.8 Å². The fourth-order valence-corrected chi connectivity index (χ4v) is 2.24. The molecular weight excluding hydrogens is 336 g/mol. The molecule has 138 valence electrons. The largest absolute Gasteiger partial charge is 0.507 e. The number of allylic oxidation sites excluding steroid dienone is 1. The van der Waals surface area contributed by atoms with E-state index in [0.717, 1.165) is 0 Å². The van der Waals surface area contributed by atoms with E-state index in [1.165, 1.54) is 25.1 Å². The standard InChI is InChI=1S/C20H22O6/c1-12(2)11-25-18-10-14(6-8-17(18)24-4)5-7-15(21)19-16(22)9-13(3)26-20(19)23/h5-10,12,22H,11H2,1-4H3/b7-5+. The summed E-state index contributed by atoms with van der Waals surface area (Å²) < 4.78 is 15.9. The van der Waals surface area contributed by atoms with Crippen molar-refractivity contribution in [2.75, 3.05) is 13.7 Å². The number of carbonyl (C=O) groups is 1. The lowest BCUT2D eigenvalue weighted by Gasteiger charge is -2.13. The van der Waals surface area contributed by atoms with Gasteiger partial charge in [0.15, 0.2) is 17.3 Å². The normalized spacial score (nSPS) is 11.1. The zero-order chi connectivity index (χ0) is 19.3. The number of methoxy groups -OCH3 is 1. The Morgan fingerprint density at radius 3 is 2.62 bits per heavy atom. The highest BCUT2D eigenvalue weighted by Crippen LogP contribution is 2.29. The minimum atomic E-state index is -0.868. The van der Waals surface area contributed by atoms with Gasteiger partial charge >= 0.3 is 5.63 Å². The molecule has 1 N–H and O–H groups in total. The summed E-state index contributed by atoms with van der Waals surface area (Å²) >= 11 is 0. The Morgan fingerprint density at radius 1 is 1.27 bits per heavy atom. The first-order chi connectivity index (χ1) is 12.3. The number of ketones is 1. The fourth-order valence-electron chi connectivity index (χ4n) is 2.24. The first-order valence-corrected chi connectivity index (χ1v) is 8.18. The van der Waals surface area contributed by atoms with Crippen LogP contribution >= 0.6 is 0 Å². The lowest BCUT2D eigenvalue weighted by atomic mass is 10.1. The quantitative estimate of drug-likeness (QED) is 0.601. The number of benzene rings is 1. The van der Waals surface area contributed by atoms with Crippen molar-refractivity contribution in [1.82, 2.24) is 0 Å².